The van der Waals surface area contributed by atoms with E-state index in [0.29, 0.717) is 32.5 Å². The SMILES string of the molecule is CC(=O)N1CC2(CCN(C(=O)CC3SC(=O)N(C)C3=O)CC2)Nc2ccccc21. The largest absolute Gasteiger partial charge is 0.376 e. The highest BCUT2D eigenvalue weighted by Gasteiger charge is 2.43. The first-order chi connectivity index (χ1) is 13.8. The molecule has 4 amide bonds. The molecule has 3 aliphatic heterocycles. The minimum absolute atomic E-state index is 0.00221. The molecule has 1 atom stereocenters. The third-order valence-corrected chi connectivity index (χ3v) is 7.12. The molecule has 2 fully saturated rings. The predicted octanol–water partition coefficient (Wildman–Crippen LogP) is 1.91. The molecule has 0 radical (unpaired) electrons. The highest BCUT2D eigenvalue weighted by molar-refractivity contribution is 8.15. The second kappa shape index (κ2) is 7.37. The maximum absolute atomic E-state index is 12.7. The van der Waals surface area contributed by atoms with Crippen molar-refractivity contribution in [2.24, 2.45) is 0 Å². The standard InChI is InChI=1S/C20H24N4O4S/c1-13(25)24-12-20(21-14-5-3-4-6-15(14)24)7-9-23(10-8-20)17(26)11-16-18(27)22(2)19(28)29-16/h3-6,16,21H,7-12H2,1-2H3. The van der Waals surface area contributed by atoms with Gasteiger partial charge < -0.3 is 15.1 Å². The molecule has 0 saturated carbocycles. The van der Waals surface area contributed by atoms with E-state index in [1.165, 1.54) is 7.05 Å². The maximum atomic E-state index is 12.7. The number of para-hydroxylation sites is 2. The highest BCUT2D eigenvalue weighted by atomic mass is 32.2. The Labute approximate surface area is 173 Å². The van der Waals surface area contributed by atoms with E-state index >= 15 is 0 Å². The normalized spacial score (nSPS) is 23.2. The number of carbonyl (C=O) groups excluding carboxylic acids is 4. The van der Waals surface area contributed by atoms with Gasteiger partial charge in [0.2, 0.25) is 17.7 Å². The van der Waals surface area contributed by atoms with Gasteiger partial charge in [0, 0.05) is 40.0 Å². The quantitative estimate of drug-likeness (QED) is 0.792. The van der Waals surface area contributed by atoms with Crippen LogP contribution in [0.4, 0.5) is 16.2 Å². The van der Waals surface area contributed by atoms with Crippen molar-refractivity contribution in [3.8, 4) is 0 Å². The molecule has 4 rings (SSSR count). The van der Waals surface area contributed by atoms with Crippen molar-refractivity contribution in [3.63, 3.8) is 0 Å². The molecule has 29 heavy (non-hydrogen) atoms. The van der Waals surface area contributed by atoms with Gasteiger partial charge in [0.25, 0.3) is 5.24 Å². The molecule has 3 heterocycles. The van der Waals surface area contributed by atoms with Crippen LogP contribution in [0.1, 0.15) is 26.2 Å². The van der Waals surface area contributed by atoms with Crippen LogP contribution in [0.2, 0.25) is 0 Å². The van der Waals surface area contributed by atoms with Crippen LogP contribution in [0.25, 0.3) is 0 Å². The molecule has 0 aromatic heterocycles. The van der Waals surface area contributed by atoms with Gasteiger partial charge in [-0.25, -0.2) is 0 Å². The fraction of sp³-hybridized carbons (Fsp3) is 0.500. The summed E-state index contributed by atoms with van der Waals surface area (Å²) in [7, 11) is 1.44. The van der Waals surface area contributed by atoms with Gasteiger partial charge in [-0.2, -0.15) is 0 Å². The Kier molecular flexibility index (Phi) is 5.02. The predicted molar refractivity (Wildman–Crippen MR) is 111 cm³/mol. The minimum Gasteiger partial charge on any atom is -0.376 e. The molecular weight excluding hydrogens is 392 g/mol. The van der Waals surface area contributed by atoms with Crippen molar-refractivity contribution < 1.29 is 19.2 Å². The second-order valence-corrected chi connectivity index (χ2v) is 9.04. The van der Waals surface area contributed by atoms with Crippen molar-refractivity contribution in [1.29, 1.82) is 0 Å². The van der Waals surface area contributed by atoms with Crippen LogP contribution in [0.5, 0.6) is 0 Å². The zero-order valence-corrected chi connectivity index (χ0v) is 17.3. The molecule has 154 valence electrons. The average molecular weight is 417 g/mol. The number of imide groups is 1. The van der Waals surface area contributed by atoms with Crippen LogP contribution in [0.3, 0.4) is 0 Å². The molecule has 9 heteroatoms. The van der Waals surface area contributed by atoms with Gasteiger partial charge >= 0.3 is 0 Å². The summed E-state index contributed by atoms with van der Waals surface area (Å²) in [6, 6.07) is 7.76. The molecule has 1 unspecified atom stereocenters. The zero-order chi connectivity index (χ0) is 20.8. The molecule has 1 aromatic carbocycles. The number of hydrogen-bond acceptors (Lipinski definition) is 6. The van der Waals surface area contributed by atoms with Gasteiger partial charge in [0.15, 0.2) is 0 Å². The Morgan fingerprint density at radius 3 is 2.52 bits per heavy atom. The van der Waals surface area contributed by atoms with Crippen molar-refractivity contribution in [1.82, 2.24) is 9.80 Å². The summed E-state index contributed by atoms with van der Waals surface area (Å²) < 4.78 is 0. The van der Waals surface area contributed by atoms with E-state index in [9.17, 15) is 19.2 Å². The summed E-state index contributed by atoms with van der Waals surface area (Å²) in [6.45, 7) is 3.24. The lowest BCUT2D eigenvalue weighted by Crippen LogP contribution is -2.59. The lowest BCUT2D eigenvalue weighted by Gasteiger charge is -2.49. The number of likely N-dealkylation sites (tertiary alicyclic amines) is 1. The molecule has 1 spiro atoms. The number of nitrogens with one attached hydrogen (secondary N) is 1. The van der Waals surface area contributed by atoms with Crippen molar-refractivity contribution in [3.05, 3.63) is 24.3 Å². The Bertz CT molecular complexity index is 881. The number of fused-ring (bicyclic) bond motifs is 1. The number of nitrogens with zero attached hydrogens (tertiary/aromatic N) is 3. The third kappa shape index (κ3) is 3.59. The van der Waals surface area contributed by atoms with Gasteiger partial charge in [-0.05, 0) is 25.0 Å². The Morgan fingerprint density at radius 1 is 1.21 bits per heavy atom. The van der Waals surface area contributed by atoms with Crippen LogP contribution in [-0.4, -0.2) is 70.2 Å². The number of benzene rings is 1. The Balaban J connectivity index is 1.41. The van der Waals surface area contributed by atoms with Gasteiger partial charge in [-0.3, -0.25) is 24.1 Å². The number of carbonyl (C=O) groups is 4. The molecule has 1 N–H and O–H groups in total. The highest BCUT2D eigenvalue weighted by Crippen LogP contribution is 2.39. The van der Waals surface area contributed by atoms with Gasteiger partial charge in [0.1, 0.15) is 5.25 Å². The Morgan fingerprint density at radius 2 is 1.90 bits per heavy atom. The van der Waals surface area contributed by atoms with Crippen LogP contribution < -0.4 is 10.2 Å². The number of hydrogen-bond donors (Lipinski definition) is 1. The van der Waals surface area contributed by atoms with E-state index in [-0.39, 0.29) is 34.9 Å². The monoisotopic (exact) mass is 416 g/mol. The van der Waals surface area contributed by atoms with E-state index in [2.05, 4.69) is 5.32 Å². The topological polar surface area (TPSA) is 90.0 Å². The number of rotatable bonds is 2. The smallest absolute Gasteiger partial charge is 0.288 e. The molecule has 0 bridgehead atoms. The summed E-state index contributed by atoms with van der Waals surface area (Å²) in [6.07, 6.45) is 1.46. The summed E-state index contributed by atoms with van der Waals surface area (Å²) in [4.78, 5) is 53.3. The third-order valence-electron chi connectivity index (χ3n) is 5.99. The summed E-state index contributed by atoms with van der Waals surface area (Å²) in [5, 5.41) is 2.68. The van der Waals surface area contributed by atoms with Crippen LogP contribution in [-0.2, 0) is 14.4 Å². The molecule has 2 saturated heterocycles. The van der Waals surface area contributed by atoms with Crippen LogP contribution >= 0.6 is 11.8 Å². The zero-order valence-electron chi connectivity index (χ0n) is 16.5. The van der Waals surface area contributed by atoms with Crippen molar-refractivity contribution in [2.45, 2.75) is 37.0 Å². The number of anilines is 2. The molecule has 1 aromatic rings. The Hall–Kier alpha value is -2.55. The first kappa shape index (κ1) is 19.8. The van der Waals surface area contributed by atoms with Crippen molar-refractivity contribution >= 4 is 46.1 Å². The fourth-order valence-electron chi connectivity index (χ4n) is 4.25. The average Bonchev–Trinajstić information content (AvgIpc) is 2.94. The van der Waals surface area contributed by atoms with Crippen molar-refractivity contribution in [2.75, 3.05) is 36.9 Å². The minimum atomic E-state index is -0.622. The number of amides is 4. The maximum Gasteiger partial charge on any atom is 0.288 e. The van der Waals surface area contributed by atoms with E-state index < -0.39 is 5.25 Å². The van der Waals surface area contributed by atoms with E-state index in [4.69, 9.17) is 0 Å². The van der Waals surface area contributed by atoms with Gasteiger partial charge in [-0.15, -0.1) is 0 Å². The first-order valence-electron chi connectivity index (χ1n) is 9.71. The van der Waals surface area contributed by atoms with Gasteiger partial charge in [-0.1, -0.05) is 23.9 Å². The lowest BCUT2D eigenvalue weighted by atomic mass is 9.84. The van der Waals surface area contributed by atoms with E-state index in [0.717, 1.165) is 28.0 Å². The fourth-order valence-corrected chi connectivity index (χ4v) is 5.23. The second-order valence-electron chi connectivity index (χ2n) is 7.88. The van der Waals surface area contributed by atoms with E-state index in [1.54, 1.807) is 16.7 Å². The van der Waals surface area contributed by atoms with Crippen LogP contribution in [0, 0.1) is 0 Å². The number of piperidine rings is 1. The molecular formula is C20H24N4O4S. The van der Waals surface area contributed by atoms with E-state index in [1.807, 2.05) is 24.3 Å². The molecule has 3 aliphatic rings. The molecule has 0 aliphatic carbocycles. The first-order valence-corrected chi connectivity index (χ1v) is 10.6. The summed E-state index contributed by atoms with van der Waals surface area (Å²) in [5.74, 6) is -0.402. The summed E-state index contributed by atoms with van der Waals surface area (Å²) in [5.41, 5.74) is 1.54. The van der Waals surface area contributed by atoms with Gasteiger partial charge in [0.05, 0.1) is 16.9 Å². The number of thioether (sulfide) groups is 1. The lowest BCUT2D eigenvalue weighted by molar-refractivity contribution is -0.135. The molecule has 8 nitrogen and oxygen atoms in total. The van der Waals surface area contributed by atoms with Crippen LogP contribution in [0.15, 0.2) is 24.3 Å². The summed E-state index contributed by atoms with van der Waals surface area (Å²) >= 11 is 0.925.